The van der Waals surface area contributed by atoms with Crippen LogP contribution in [0.25, 0.3) is 11.1 Å². The maximum atomic E-state index is 13.9. The van der Waals surface area contributed by atoms with Gasteiger partial charge in [-0.3, -0.25) is 0 Å². The fraction of sp³-hybridized carbons (Fsp3) is 0.360. The van der Waals surface area contributed by atoms with Crippen molar-refractivity contribution in [2.24, 2.45) is 5.41 Å². The molecule has 0 unspecified atom stereocenters. The van der Waals surface area contributed by atoms with Crippen molar-refractivity contribution in [1.82, 2.24) is 5.32 Å². The second-order valence-electron chi connectivity index (χ2n) is 8.39. The Morgan fingerprint density at radius 2 is 1.47 bits per heavy atom. The highest BCUT2D eigenvalue weighted by molar-refractivity contribution is 5.82. The van der Waals surface area contributed by atoms with E-state index in [9.17, 15) is 41.0 Å². The average molecular weight is 515 g/mol. The van der Waals surface area contributed by atoms with Crippen LogP contribution in [0.15, 0.2) is 61.2 Å². The topological polar surface area (TPSA) is 75.6 Å². The van der Waals surface area contributed by atoms with Crippen molar-refractivity contribution < 1.29 is 45.8 Å². The van der Waals surface area contributed by atoms with Crippen LogP contribution < -0.4 is 5.32 Å². The van der Waals surface area contributed by atoms with E-state index in [1.807, 2.05) is 12.1 Å². The molecule has 0 radical (unpaired) electrons. The van der Waals surface area contributed by atoms with E-state index in [1.165, 1.54) is 5.32 Å². The van der Waals surface area contributed by atoms with E-state index in [2.05, 4.69) is 6.58 Å². The van der Waals surface area contributed by atoms with Gasteiger partial charge in [0, 0.05) is 5.92 Å². The van der Waals surface area contributed by atoms with Gasteiger partial charge in [0.25, 0.3) is 0 Å². The summed E-state index contributed by atoms with van der Waals surface area (Å²) in [6.07, 6.45) is -15.1. The molecule has 3 rings (SSSR count). The van der Waals surface area contributed by atoms with Crippen LogP contribution in [0.1, 0.15) is 36.3 Å². The molecule has 1 aliphatic rings. The Balaban J connectivity index is 1.86. The fourth-order valence-electron chi connectivity index (χ4n) is 4.59. The van der Waals surface area contributed by atoms with Gasteiger partial charge in [-0.2, -0.15) is 26.3 Å². The van der Waals surface area contributed by atoms with E-state index < -0.39 is 61.2 Å². The Labute approximate surface area is 202 Å². The molecular formula is C25H23F6NO4. The second-order valence-corrected chi connectivity index (χ2v) is 8.39. The number of alkyl carbamates (subject to hydrolysis) is 1. The molecule has 11 heteroatoms. The van der Waals surface area contributed by atoms with E-state index in [0.29, 0.717) is 0 Å². The SMILES string of the molecule is C=CCCCC([C@H](NC(=O)OCC1c2ccccc2-c2ccccc21)C(=O)O)(C(F)(F)F)C(F)(F)F. The molecule has 0 aromatic heterocycles. The highest BCUT2D eigenvalue weighted by Gasteiger charge is 2.75. The summed E-state index contributed by atoms with van der Waals surface area (Å²) in [5.41, 5.74) is -1.53. The van der Waals surface area contributed by atoms with Crippen LogP contribution in [0.4, 0.5) is 31.1 Å². The lowest BCUT2D eigenvalue weighted by Gasteiger charge is -2.41. The number of aliphatic carboxylic acids is 1. The Bertz CT molecular complexity index is 1070. The summed E-state index contributed by atoms with van der Waals surface area (Å²) in [5, 5.41) is 10.7. The average Bonchev–Trinajstić information content (AvgIpc) is 3.11. The fourth-order valence-corrected chi connectivity index (χ4v) is 4.59. The summed E-state index contributed by atoms with van der Waals surface area (Å²) in [6, 6.07) is 10.9. The molecule has 36 heavy (non-hydrogen) atoms. The van der Waals surface area contributed by atoms with Crippen LogP contribution in [-0.2, 0) is 9.53 Å². The largest absolute Gasteiger partial charge is 0.480 e. The number of nitrogens with one attached hydrogen (secondary N) is 1. The van der Waals surface area contributed by atoms with Gasteiger partial charge in [0.1, 0.15) is 6.61 Å². The third-order valence-corrected chi connectivity index (χ3v) is 6.34. The maximum Gasteiger partial charge on any atom is 0.407 e. The number of ether oxygens (including phenoxy) is 1. The van der Waals surface area contributed by atoms with Crippen molar-refractivity contribution in [3.63, 3.8) is 0 Å². The van der Waals surface area contributed by atoms with Crippen molar-refractivity contribution in [2.75, 3.05) is 6.61 Å². The number of rotatable bonds is 9. The van der Waals surface area contributed by atoms with Gasteiger partial charge in [0.2, 0.25) is 0 Å². The summed E-state index contributed by atoms with van der Waals surface area (Å²) >= 11 is 0. The van der Waals surface area contributed by atoms with Gasteiger partial charge in [-0.15, -0.1) is 6.58 Å². The third-order valence-electron chi connectivity index (χ3n) is 6.34. The number of unbranched alkanes of at least 4 members (excludes halogenated alkanes) is 1. The van der Waals surface area contributed by atoms with Crippen molar-refractivity contribution in [1.29, 1.82) is 0 Å². The zero-order chi connectivity index (χ0) is 26.7. The van der Waals surface area contributed by atoms with Gasteiger partial charge >= 0.3 is 24.4 Å². The lowest BCUT2D eigenvalue weighted by atomic mass is 9.74. The number of carbonyl (C=O) groups excluding carboxylic acids is 1. The lowest BCUT2D eigenvalue weighted by molar-refractivity contribution is -0.350. The van der Waals surface area contributed by atoms with E-state index in [4.69, 9.17) is 4.74 Å². The standard InChI is InChI=1S/C25H23F6NO4/c1-2-3-8-13-23(24(26,27)28,25(29,30)31)20(21(33)34)32-22(35)36-14-19-17-11-6-4-9-15(17)16-10-5-7-12-18(16)19/h2,4-7,9-12,19-20H,1,3,8,13-14H2,(H,32,35)(H,33,34)/t20-/m1/s1. The maximum absolute atomic E-state index is 13.9. The molecule has 1 atom stereocenters. The highest BCUT2D eigenvalue weighted by atomic mass is 19.4. The number of alkyl halides is 6. The van der Waals surface area contributed by atoms with Gasteiger partial charge in [0.05, 0.1) is 0 Å². The van der Waals surface area contributed by atoms with E-state index in [-0.39, 0.29) is 6.42 Å². The van der Waals surface area contributed by atoms with Gasteiger partial charge in [-0.1, -0.05) is 54.6 Å². The quantitative estimate of drug-likeness (QED) is 0.229. The first-order valence-electron chi connectivity index (χ1n) is 10.9. The molecule has 1 amide bonds. The summed E-state index contributed by atoms with van der Waals surface area (Å²) in [7, 11) is 0. The molecule has 2 aromatic rings. The number of allylic oxidation sites excluding steroid dienone is 1. The summed E-state index contributed by atoms with van der Waals surface area (Å²) < 4.78 is 88.5. The predicted octanol–water partition coefficient (Wildman–Crippen LogP) is 6.45. The molecule has 0 heterocycles. The molecule has 0 bridgehead atoms. The number of fused-ring (bicyclic) bond motifs is 3. The van der Waals surface area contributed by atoms with Crippen LogP contribution in [0.5, 0.6) is 0 Å². The van der Waals surface area contributed by atoms with Gasteiger partial charge < -0.3 is 15.2 Å². The Morgan fingerprint density at radius 1 is 0.972 bits per heavy atom. The number of halogens is 6. The first-order chi connectivity index (χ1) is 16.8. The smallest absolute Gasteiger partial charge is 0.407 e. The zero-order valence-electron chi connectivity index (χ0n) is 18.8. The minimum atomic E-state index is -6.04. The lowest BCUT2D eigenvalue weighted by Crippen LogP contribution is -2.65. The molecule has 2 aromatic carbocycles. The van der Waals surface area contributed by atoms with Crippen LogP contribution >= 0.6 is 0 Å². The molecule has 194 valence electrons. The summed E-state index contributed by atoms with van der Waals surface area (Å²) in [5.74, 6) is -3.02. The van der Waals surface area contributed by atoms with Crippen molar-refractivity contribution in [2.45, 2.75) is 43.6 Å². The molecule has 0 aliphatic heterocycles. The number of amides is 1. The molecule has 5 nitrogen and oxygen atoms in total. The van der Waals surface area contributed by atoms with Gasteiger partial charge in [-0.05, 0) is 41.5 Å². The summed E-state index contributed by atoms with van der Waals surface area (Å²) in [6.45, 7) is 2.84. The number of carbonyl (C=O) groups is 2. The van der Waals surface area contributed by atoms with Crippen molar-refractivity contribution in [3.05, 3.63) is 72.3 Å². The number of carboxylic acids is 1. The number of hydrogen-bond acceptors (Lipinski definition) is 3. The third kappa shape index (κ3) is 4.91. The van der Waals surface area contributed by atoms with E-state index in [1.54, 1.807) is 36.4 Å². The van der Waals surface area contributed by atoms with E-state index in [0.717, 1.165) is 28.3 Å². The monoisotopic (exact) mass is 515 g/mol. The Kier molecular flexibility index (Phi) is 7.70. The van der Waals surface area contributed by atoms with Gasteiger partial charge in [0.15, 0.2) is 11.5 Å². The predicted molar refractivity (Wildman–Crippen MR) is 118 cm³/mol. The van der Waals surface area contributed by atoms with Crippen molar-refractivity contribution in [3.8, 4) is 11.1 Å². The minimum absolute atomic E-state index is 0.217. The number of benzene rings is 2. The number of hydrogen-bond donors (Lipinski definition) is 2. The molecule has 0 fully saturated rings. The Morgan fingerprint density at radius 3 is 1.92 bits per heavy atom. The van der Waals surface area contributed by atoms with Crippen LogP contribution in [-0.4, -0.2) is 42.2 Å². The first-order valence-corrected chi connectivity index (χ1v) is 10.9. The van der Waals surface area contributed by atoms with E-state index >= 15 is 0 Å². The normalized spacial score (nSPS) is 14.5. The molecule has 2 N–H and O–H groups in total. The minimum Gasteiger partial charge on any atom is -0.480 e. The van der Waals surface area contributed by atoms with Crippen molar-refractivity contribution >= 4 is 12.1 Å². The van der Waals surface area contributed by atoms with Crippen LogP contribution in [0.2, 0.25) is 0 Å². The van der Waals surface area contributed by atoms with Gasteiger partial charge in [-0.25, -0.2) is 9.59 Å². The number of carboxylic acid groups (broad SMARTS) is 1. The first kappa shape index (κ1) is 27.1. The Hall–Kier alpha value is -3.50. The summed E-state index contributed by atoms with van der Waals surface area (Å²) in [4.78, 5) is 24.1. The highest BCUT2D eigenvalue weighted by Crippen LogP contribution is 2.56. The second kappa shape index (κ2) is 10.2. The van der Waals surface area contributed by atoms with Crippen LogP contribution in [0, 0.1) is 5.41 Å². The molecule has 0 spiro atoms. The molecule has 1 aliphatic carbocycles. The molecule has 0 saturated heterocycles. The molecular weight excluding hydrogens is 492 g/mol. The zero-order valence-corrected chi connectivity index (χ0v) is 18.8. The van der Waals surface area contributed by atoms with Crippen LogP contribution in [0.3, 0.4) is 0 Å². The molecule has 0 saturated carbocycles.